The summed E-state index contributed by atoms with van der Waals surface area (Å²) in [6.45, 7) is 0. The van der Waals surface area contributed by atoms with Gasteiger partial charge in [-0.1, -0.05) is 36.0 Å². The van der Waals surface area contributed by atoms with Crippen LogP contribution in [0.25, 0.3) is 11.3 Å². The molecule has 184 valence electrons. The summed E-state index contributed by atoms with van der Waals surface area (Å²) in [4.78, 5) is 12.6. The lowest BCUT2D eigenvalue weighted by Crippen LogP contribution is -2.03. The topological polar surface area (TPSA) is 59.9 Å². The smallest absolute Gasteiger partial charge is 0.228 e. The Hall–Kier alpha value is -3.24. The van der Waals surface area contributed by atoms with Gasteiger partial charge in [0.05, 0.1) is 11.3 Å². The van der Waals surface area contributed by atoms with Gasteiger partial charge in [-0.25, -0.2) is 23.7 Å². The van der Waals surface area contributed by atoms with Crippen LogP contribution in [0.5, 0.6) is 11.6 Å². The van der Waals surface area contributed by atoms with Crippen LogP contribution in [0.2, 0.25) is 0 Å². The van der Waals surface area contributed by atoms with Crippen molar-refractivity contribution in [2.75, 3.05) is 11.0 Å². The minimum absolute atomic E-state index is 0.0364. The van der Waals surface area contributed by atoms with E-state index in [1.165, 1.54) is 36.4 Å². The van der Waals surface area contributed by atoms with Crippen molar-refractivity contribution in [1.29, 1.82) is 0 Å². The molecule has 4 aromatic rings. The predicted molar refractivity (Wildman–Crippen MR) is 137 cm³/mol. The fourth-order valence-corrected chi connectivity index (χ4v) is 4.71. The van der Waals surface area contributed by atoms with Gasteiger partial charge in [0.25, 0.3) is 0 Å². The number of aromatic nitrogens is 3. The Morgan fingerprint density at radius 2 is 1.81 bits per heavy atom. The Morgan fingerprint density at radius 1 is 1.00 bits per heavy atom. The van der Waals surface area contributed by atoms with E-state index in [0.29, 0.717) is 28.1 Å². The number of rotatable bonds is 9. The van der Waals surface area contributed by atoms with Gasteiger partial charge in [-0.3, -0.25) is 0 Å². The SMILES string of the molecule is CSc1nccc(-c2cccnc2Oc2cc(F)c(NSCc3ccc(C4CC4)cc3)c(F)c2F)n1. The maximum Gasteiger partial charge on any atom is 0.228 e. The van der Waals surface area contributed by atoms with Crippen LogP contribution >= 0.6 is 23.7 Å². The standard InChI is InChI=1S/C26H21F3N4OS2/c1-35-26-31-12-10-20(32-26)18-3-2-11-30-25(18)34-21-13-19(27)24(23(29)22(21)28)33-36-14-15-4-6-16(7-5-15)17-8-9-17/h2-7,10-13,17,33H,8-9,14H2,1H3. The van der Waals surface area contributed by atoms with Crippen molar-refractivity contribution in [3.05, 3.63) is 89.5 Å². The molecule has 0 atom stereocenters. The lowest BCUT2D eigenvalue weighted by Gasteiger charge is -2.14. The summed E-state index contributed by atoms with van der Waals surface area (Å²) >= 11 is 2.43. The molecule has 1 saturated carbocycles. The predicted octanol–water partition coefficient (Wildman–Crippen LogP) is 7.61. The number of benzene rings is 2. The average Bonchev–Trinajstić information content (AvgIpc) is 3.75. The molecule has 0 saturated heterocycles. The van der Waals surface area contributed by atoms with E-state index in [2.05, 4.69) is 31.8 Å². The molecule has 2 heterocycles. The molecule has 0 radical (unpaired) electrons. The van der Waals surface area contributed by atoms with Crippen molar-refractivity contribution in [3.8, 4) is 22.9 Å². The third-order valence-corrected chi connectivity index (χ3v) is 7.02. The van der Waals surface area contributed by atoms with Gasteiger partial charge in [0.1, 0.15) is 5.69 Å². The van der Waals surface area contributed by atoms with E-state index in [9.17, 15) is 13.2 Å². The lowest BCUT2D eigenvalue weighted by atomic mass is 10.1. The molecule has 1 aliphatic rings. The number of thioether (sulfide) groups is 1. The van der Waals surface area contributed by atoms with Crippen LogP contribution in [0.4, 0.5) is 18.9 Å². The van der Waals surface area contributed by atoms with Crippen molar-refractivity contribution >= 4 is 29.4 Å². The van der Waals surface area contributed by atoms with E-state index >= 15 is 0 Å². The van der Waals surface area contributed by atoms with E-state index in [1.54, 1.807) is 24.4 Å². The number of pyridine rings is 1. The quantitative estimate of drug-likeness (QED) is 0.104. The zero-order valence-electron chi connectivity index (χ0n) is 19.2. The van der Waals surface area contributed by atoms with Crippen molar-refractivity contribution < 1.29 is 17.9 Å². The highest BCUT2D eigenvalue weighted by molar-refractivity contribution is 7.99. The van der Waals surface area contributed by atoms with Crippen LogP contribution in [-0.4, -0.2) is 21.2 Å². The minimum atomic E-state index is -1.37. The zero-order chi connectivity index (χ0) is 25.1. The molecule has 0 bridgehead atoms. The van der Waals surface area contributed by atoms with Crippen LogP contribution < -0.4 is 9.46 Å². The van der Waals surface area contributed by atoms with E-state index < -0.39 is 28.9 Å². The highest BCUT2D eigenvalue weighted by Crippen LogP contribution is 2.40. The van der Waals surface area contributed by atoms with Crippen molar-refractivity contribution in [2.24, 2.45) is 0 Å². The molecule has 5 nitrogen and oxygen atoms in total. The first kappa shape index (κ1) is 24.5. The molecule has 36 heavy (non-hydrogen) atoms. The second kappa shape index (κ2) is 10.8. The Kier molecular flexibility index (Phi) is 7.33. The van der Waals surface area contributed by atoms with Crippen LogP contribution in [0.3, 0.4) is 0 Å². The van der Waals surface area contributed by atoms with Crippen LogP contribution in [0, 0.1) is 17.5 Å². The van der Waals surface area contributed by atoms with E-state index in [1.807, 2.05) is 18.4 Å². The summed E-state index contributed by atoms with van der Waals surface area (Å²) in [7, 11) is 0. The second-order valence-corrected chi connectivity index (χ2v) is 9.71. The van der Waals surface area contributed by atoms with Crippen LogP contribution in [-0.2, 0) is 5.75 Å². The van der Waals surface area contributed by atoms with Crippen molar-refractivity contribution in [2.45, 2.75) is 29.7 Å². The molecular weight excluding hydrogens is 505 g/mol. The van der Waals surface area contributed by atoms with Gasteiger partial charge in [-0.2, -0.15) is 4.39 Å². The maximum absolute atomic E-state index is 14.9. The summed E-state index contributed by atoms with van der Waals surface area (Å²) in [5.41, 5.74) is 2.66. The van der Waals surface area contributed by atoms with Gasteiger partial charge in [-0.15, -0.1) is 0 Å². The van der Waals surface area contributed by atoms with E-state index in [4.69, 9.17) is 4.74 Å². The highest BCUT2D eigenvalue weighted by Gasteiger charge is 2.24. The highest BCUT2D eigenvalue weighted by atomic mass is 32.2. The number of ether oxygens (including phenoxy) is 1. The molecule has 1 aliphatic carbocycles. The molecule has 2 aromatic carbocycles. The molecular formula is C26H21F3N4OS2. The van der Waals surface area contributed by atoms with Gasteiger partial charge in [-0.05, 0) is 66.3 Å². The number of hydrogen-bond donors (Lipinski definition) is 1. The number of halogens is 3. The van der Waals surface area contributed by atoms with Crippen LogP contribution in [0.1, 0.15) is 29.9 Å². The monoisotopic (exact) mass is 526 g/mol. The normalized spacial score (nSPS) is 13.0. The number of nitrogens with one attached hydrogen (secondary N) is 1. The molecule has 1 fully saturated rings. The Bertz CT molecular complexity index is 1380. The first-order valence-electron chi connectivity index (χ1n) is 11.2. The summed E-state index contributed by atoms with van der Waals surface area (Å²) in [5, 5.41) is 0.525. The first-order valence-corrected chi connectivity index (χ1v) is 13.4. The number of hydrogen-bond acceptors (Lipinski definition) is 7. The summed E-state index contributed by atoms with van der Waals surface area (Å²) in [6, 6.07) is 13.9. The summed E-state index contributed by atoms with van der Waals surface area (Å²) in [6.07, 6.45) is 7.29. The molecule has 10 heteroatoms. The van der Waals surface area contributed by atoms with E-state index in [0.717, 1.165) is 23.6 Å². The Balaban J connectivity index is 1.31. The molecule has 5 rings (SSSR count). The third kappa shape index (κ3) is 5.44. The molecule has 0 aliphatic heterocycles. The minimum Gasteiger partial charge on any atom is -0.435 e. The number of anilines is 1. The fraction of sp³-hybridized carbons (Fsp3) is 0.192. The second-order valence-electron chi connectivity index (χ2n) is 8.15. The van der Waals surface area contributed by atoms with Crippen LogP contribution in [0.15, 0.2) is 66.1 Å². The molecule has 1 N–H and O–H groups in total. The molecule has 0 amide bonds. The maximum atomic E-state index is 14.9. The van der Waals surface area contributed by atoms with Crippen molar-refractivity contribution in [3.63, 3.8) is 0 Å². The summed E-state index contributed by atoms with van der Waals surface area (Å²) in [5.74, 6) is -3.21. The lowest BCUT2D eigenvalue weighted by molar-refractivity contribution is 0.401. The third-order valence-electron chi connectivity index (χ3n) is 5.64. The van der Waals surface area contributed by atoms with Gasteiger partial charge in [0.2, 0.25) is 11.7 Å². The average molecular weight is 527 g/mol. The number of nitrogens with zero attached hydrogens (tertiary/aromatic N) is 3. The van der Waals surface area contributed by atoms with Gasteiger partial charge < -0.3 is 9.46 Å². The van der Waals surface area contributed by atoms with Gasteiger partial charge in [0, 0.05) is 24.2 Å². The largest absolute Gasteiger partial charge is 0.435 e. The van der Waals surface area contributed by atoms with Crippen molar-refractivity contribution in [1.82, 2.24) is 15.0 Å². The van der Waals surface area contributed by atoms with Gasteiger partial charge >= 0.3 is 0 Å². The Morgan fingerprint density at radius 3 is 2.56 bits per heavy atom. The summed E-state index contributed by atoms with van der Waals surface area (Å²) < 4.78 is 52.6. The molecule has 2 aromatic heterocycles. The zero-order valence-corrected chi connectivity index (χ0v) is 20.8. The van der Waals surface area contributed by atoms with Gasteiger partial charge in [0.15, 0.2) is 22.5 Å². The molecule has 0 spiro atoms. The first-order chi connectivity index (χ1) is 17.5. The fourth-order valence-electron chi connectivity index (χ4n) is 3.60. The molecule has 0 unspecified atom stereocenters. The van der Waals surface area contributed by atoms with E-state index in [-0.39, 0.29) is 5.88 Å². The Labute approximate surface area is 215 Å².